The number of amides is 3. The first kappa shape index (κ1) is 13.2. The maximum Gasteiger partial charge on any atom is 0.314 e. The Balaban J connectivity index is 1.82. The number of carbonyl (C=O) groups excluding carboxylic acids is 2. The Kier molecular flexibility index (Phi) is 4.44. The van der Waals surface area contributed by atoms with Crippen LogP contribution in [0.25, 0.3) is 0 Å². The van der Waals surface area contributed by atoms with Crippen molar-refractivity contribution in [3.63, 3.8) is 0 Å². The topological polar surface area (TPSA) is 75.4 Å². The SMILES string of the molecule is NC(=O)N1CCC[C@H](C(=O)NC2CCCCC2)C1. The molecule has 5 heteroatoms. The predicted molar refractivity (Wildman–Crippen MR) is 68.9 cm³/mol. The van der Waals surface area contributed by atoms with Crippen LogP contribution >= 0.6 is 0 Å². The van der Waals surface area contributed by atoms with Crippen LogP contribution in [0.4, 0.5) is 4.79 Å². The molecule has 0 aromatic heterocycles. The van der Waals surface area contributed by atoms with Crippen molar-refractivity contribution in [3.05, 3.63) is 0 Å². The first-order valence-electron chi connectivity index (χ1n) is 7.01. The van der Waals surface area contributed by atoms with Gasteiger partial charge in [0, 0.05) is 19.1 Å². The molecule has 0 radical (unpaired) electrons. The second kappa shape index (κ2) is 6.07. The number of nitrogens with two attached hydrogens (primary N) is 1. The summed E-state index contributed by atoms with van der Waals surface area (Å²) in [5.41, 5.74) is 5.27. The van der Waals surface area contributed by atoms with Crippen molar-refractivity contribution in [2.75, 3.05) is 13.1 Å². The summed E-state index contributed by atoms with van der Waals surface area (Å²) in [4.78, 5) is 24.9. The lowest BCUT2D eigenvalue weighted by Gasteiger charge is -2.32. The van der Waals surface area contributed by atoms with Crippen LogP contribution in [0.1, 0.15) is 44.9 Å². The molecule has 1 heterocycles. The zero-order chi connectivity index (χ0) is 13.0. The molecule has 1 aliphatic carbocycles. The molecule has 1 saturated carbocycles. The quantitative estimate of drug-likeness (QED) is 0.776. The van der Waals surface area contributed by atoms with Crippen molar-refractivity contribution >= 4 is 11.9 Å². The Morgan fingerprint density at radius 2 is 1.78 bits per heavy atom. The molecule has 2 aliphatic rings. The summed E-state index contributed by atoms with van der Waals surface area (Å²) in [6.45, 7) is 1.16. The van der Waals surface area contributed by atoms with Gasteiger partial charge in [0.25, 0.3) is 0 Å². The molecule has 3 amide bonds. The number of nitrogens with one attached hydrogen (secondary N) is 1. The van der Waals surface area contributed by atoms with Crippen LogP contribution in [-0.2, 0) is 4.79 Å². The van der Waals surface area contributed by atoms with Crippen LogP contribution < -0.4 is 11.1 Å². The second-order valence-electron chi connectivity index (χ2n) is 5.47. The average Bonchev–Trinajstić information content (AvgIpc) is 2.40. The van der Waals surface area contributed by atoms with Crippen LogP contribution in [0.15, 0.2) is 0 Å². The minimum atomic E-state index is -0.412. The molecular formula is C13H23N3O2. The fourth-order valence-corrected chi connectivity index (χ4v) is 2.96. The molecule has 102 valence electrons. The van der Waals surface area contributed by atoms with E-state index in [1.807, 2.05) is 0 Å². The van der Waals surface area contributed by atoms with Crippen LogP contribution in [0.5, 0.6) is 0 Å². The lowest BCUT2D eigenvalue weighted by Crippen LogP contribution is -2.49. The molecule has 1 aliphatic heterocycles. The highest BCUT2D eigenvalue weighted by molar-refractivity contribution is 5.80. The molecule has 0 bridgehead atoms. The third-order valence-electron chi connectivity index (χ3n) is 4.06. The number of carbonyl (C=O) groups is 2. The predicted octanol–water partition coefficient (Wildman–Crippen LogP) is 1.23. The normalized spacial score (nSPS) is 25.8. The Bertz CT molecular complexity index is 313. The van der Waals surface area contributed by atoms with Crippen molar-refractivity contribution < 1.29 is 9.59 Å². The van der Waals surface area contributed by atoms with Gasteiger partial charge in [-0.2, -0.15) is 0 Å². The van der Waals surface area contributed by atoms with Crippen LogP contribution in [0, 0.1) is 5.92 Å². The van der Waals surface area contributed by atoms with E-state index >= 15 is 0 Å². The molecule has 3 N–H and O–H groups in total. The Labute approximate surface area is 108 Å². The van der Waals surface area contributed by atoms with Gasteiger partial charge in [-0.1, -0.05) is 19.3 Å². The summed E-state index contributed by atoms with van der Waals surface area (Å²) in [6.07, 6.45) is 7.63. The van der Waals surface area contributed by atoms with Crippen LogP contribution in [0.3, 0.4) is 0 Å². The van der Waals surface area contributed by atoms with E-state index < -0.39 is 6.03 Å². The molecule has 0 aromatic rings. The number of hydrogen-bond acceptors (Lipinski definition) is 2. The number of hydrogen-bond donors (Lipinski definition) is 2. The first-order chi connectivity index (χ1) is 8.66. The summed E-state index contributed by atoms with van der Waals surface area (Å²) in [6, 6.07) is -0.0691. The highest BCUT2D eigenvalue weighted by atomic mass is 16.2. The van der Waals surface area contributed by atoms with Gasteiger partial charge in [-0.25, -0.2) is 4.79 Å². The van der Waals surface area contributed by atoms with Crippen molar-refractivity contribution in [3.8, 4) is 0 Å². The van der Waals surface area contributed by atoms with E-state index in [2.05, 4.69) is 5.32 Å². The van der Waals surface area contributed by atoms with Gasteiger partial charge in [-0.3, -0.25) is 4.79 Å². The molecule has 0 spiro atoms. The highest BCUT2D eigenvalue weighted by Crippen LogP contribution is 2.20. The molecule has 2 fully saturated rings. The van der Waals surface area contributed by atoms with Gasteiger partial charge < -0.3 is 16.0 Å². The van der Waals surface area contributed by atoms with Crippen molar-refractivity contribution in [1.82, 2.24) is 10.2 Å². The molecule has 5 nitrogen and oxygen atoms in total. The van der Waals surface area contributed by atoms with Gasteiger partial charge in [0.05, 0.1) is 5.92 Å². The Hall–Kier alpha value is -1.26. The number of nitrogens with zero attached hydrogens (tertiary/aromatic N) is 1. The molecule has 18 heavy (non-hydrogen) atoms. The lowest BCUT2D eigenvalue weighted by atomic mass is 9.93. The number of likely N-dealkylation sites (tertiary alicyclic amines) is 1. The second-order valence-corrected chi connectivity index (χ2v) is 5.47. The number of urea groups is 1. The largest absolute Gasteiger partial charge is 0.353 e. The van der Waals surface area contributed by atoms with Gasteiger partial charge in [-0.05, 0) is 25.7 Å². The molecule has 1 saturated heterocycles. The average molecular weight is 253 g/mol. The van der Waals surface area contributed by atoms with E-state index in [1.54, 1.807) is 4.90 Å². The molecular weight excluding hydrogens is 230 g/mol. The van der Waals surface area contributed by atoms with Crippen molar-refractivity contribution in [1.29, 1.82) is 0 Å². The Morgan fingerprint density at radius 3 is 2.44 bits per heavy atom. The minimum Gasteiger partial charge on any atom is -0.353 e. The van der Waals surface area contributed by atoms with Gasteiger partial charge in [-0.15, -0.1) is 0 Å². The van der Waals surface area contributed by atoms with E-state index in [9.17, 15) is 9.59 Å². The third kappa shape index (κ3) is 3.37. The summed E-state index contributed by atoms with van der Waals surface area (Å²) in [5.74, 6) is 0.0287. The van der Waals surface area contributed by atoms with Crippen LogP contribution in [0.2, 0.25) is 0 Å². The maximum absolute atomic E-state index is 12.1. The van der Waals surface area contributed by atoms with E-state index in [4.69, 9.17) is 5.73 Å². The minimum absolute atomic E-state index is 0.0758. The molecule has 2 rings (SSSR count). The van der Waals surface area contributed by atoms with Crippen molar-refractivity contribution in [2.45, 2.75) is 51.0 Å². The fraction of sp³-hybridized carbons (Fsp3) is 0.846. The van der Waals surface area contributed by atoms with E-state index in [-0.39, 0.29) is 11.8 Å². The lowest BCUT2D eigenvalue weighted by molar-refractivity contribution is -0.127. The van der Waals surface area contributed by atoms with E-state index in [1.165, 1.54) is 19.3 Å². The van der Waals surface area contributed by atoms with Gasteiger partial charge in [0.2, 0.25) is 5.91 Å². The van der Waals surface area contributed by atoms with E-state index in [0.717, 1.165) is 25.7 Å². The van der Waals surface area contributed by atoms with Crippen molar-refractivity contribution in [2.24, 2.45) is 11.7 Å². The summed E-state index contributed by atoms with van der Waals surface area (Å²) >= 11 is 0. The van der Waals surface area contributed by atoms with Gasteiger partial charge in [0.15, 0.2) is 0 Å². The highest BCUT2D eigenvalue weighted by Gasteiger charge is 2.28. The monoisotopic (exact) mass is 253 g/mol. The molecule has 0 aromatic carbocycles. The third-order valence-corrected chi connectivity index (χ3v) is 4.06. The zero-order valence-electron chi connectivity index (χ0n) is 10.9. The maximum atomic E-state index is 12.1. The van der Waals surface area contributed by atoms with Gasteiger partial charge >= 0.3 is 6.03 Å². The Morgan fingerprint density at radius 1 is 1.06 bits per heavy atom. The van der Waals surface area contributed by atoms with E-state index in [0.29, 0.717) is 19.1 Å². The summed E-state index contributed by atoms with van der Waals surface area (Å²) in [5, 5.41) is 3.13. The molecule has 0 unspecified atom stereocenters. The standard InChI is InChI=1S/C13H23N3O2/c14-13(18)16-8-4-5-10(9-16)12(17)15-11-6-2-1-3-7-11/h10-11H,1-9H2,(H2,14,18)(H,15,17)/t10-/m0/s1. The smallest absolute Gasteiger partial charge is 0.314 e. The zero-order valence-corrected chi connectivity index (χ0v) is 10.9. The number of primary amides is 1. The van der Waals surface area contributed by atoms with Gasteiger partial charge in [0.1, 0.15) is 0 Å². The number of piperidine rings is 1. The summed E-state index contributed by atoms with van der Waals surface area (Å²) in [7, 11) is 0. The number of rotatable bonds is 2. The van der Waals surface area contributed by atoms with Crippen LogP contribution in [-0.4, -0.2) is 36.0 Å². The molecule has 1 atom stereocenters. The first-order valence-corrected chi connectivity index (χ1v) is 7.01. The summed E-state index contributed by atoms with van der Waals surface area (Å²) < 4.78 is 0. The fourth-order valence-electron chi connectivity index (χ4n) is 2.96.